The number of halogens is 3. The van der Waals surface area contributed by atoms with E-state index in [2.05, 4.69) is 37.2 Å². The van der Waals surface area contributed by atoms with E-state index in [4.69, 9.17) is 11.6 Å². The Balaban J connectivity index is 2.77. The van der Waals surface area contributed by atoms with Crippen LogP contribution in [0.1, 0.15) is 13.8 Å². The minimum atomic E-state index is -0.216. The summed E-state index contributed by atoms with van der Waals surface area (Å²) in [5.74, 6) is 0.147. The van der Waals surface area contributed by atoms with Gasteiger partial charge in [-0.2, -0.15) is 0 Å². The van der Waals surface area contributed by atoms with Crippen LogP contribution in [0.15, 0.2) is 22.7 Å². The van der Waals surface area contributed by atoms with Gasteiger partial charge in [-0.1, -0.05) is 57.3 Å². The number of anilines is 1. The summed E-state index contributed by atoms with van der Waals surface area (Å²) in [6.45, 7) is 3.95. The predicted molar refractivity (Wildman–Crippen MR) is 75.3 cm³/mol. The van der Waals surface area contributed by atoms with E-state index < -0.39 is 0 Å². The Morgan fingerprint density at radius 1 is 1.44 bits per heavy atom. The molecule has 0 unspecified atom stereocenters. The summed E-state index contributed by atoms with van der Waals surface area (Å²) in [7, 11) is 0. The van der Waals surface area contributed by atoms with Crippen LogP contribution in [0.25, 0.3) is 0 Å². The van der Waals surface area contributed by atoms with Gasteiger partial charge < -0.3 is 5.32 Å². The largest absolute Gasteiger partial charge is 0.324 e. The first-order valence-corrected chi connectivity index (χ1v) is 6.90. The lowest BCUT2D eigenvalue weighted by atomic mass is 10.1. The van der Waals surface area contributed by atoms with Crippen LogP contribution in [-0.4, -0.2) is 10.7 Å². The fourth-order valence-electron chi connectivity index (χ4n) is 1.10. The summed E-state index contributed by atoms with van der Waals surface area (Å²) in [5.41, 5.74) is 0.625. The van der Waals surface area contributed by atoms with E-state index in [0.717, 1.165) is 4.47 Å². The zero-order valence-electron chi connectivity index (χ0n) is 8.93. The fourth-order valence-corrected chi connectivity index (χ4v) is 1.93. The van der Waals surface area contributed by atoms with Crippen LogP contribution in [0.4, 0.5) is 5.69 Å². The van der Waals surface area contributed by atoms with Gasteiger partial charge in [-0.15, -0.1) is 0 Å². The standard InChI is InChI=1S/C11H12Br2ClNO/c1-6(2)10(13)11(16)15-9-4-3-7(12)5-8(9)14/h3-6,10H,1-2H3,(H,15,16)/t10-/m1/s1. The second-order valence-electron chi connectivity index (χ2n) is 3.76. The SMILES string of the molecule is CC(C)[C@@H](Br)C(=O)Nc1ccc(Br)cc1Cl. The van der Waals surface area contributed by atoms with Gasteiger partial charge in [-0.3, -0.25) is 4.79 Å². The monoisotopic (exact) mass is 367 g/mol. The summed E-state index contributed by atoms with van der Waals surface area (Å²) in [4.78, 5) is 11.5. The molecule has 0 radical (unpaired) electrons. The molecule has 1 aromatic carbocycles. The van der Waals surface area contributed by atoms with E-state index in [-0.39, 0.29) is 16.7 Å². The second kappa shape index (κ2) is 6.03. The van der Waals surface area contributed by atoms with Gasteiger partial charge in [0.25, 0.3) is 0 Å². The molecule has 0 aliphatic rings. The van der Waals surface area contributed by atoms with Gasteiger partial charge in [0.05, 0.1) is 15.5 Å². The van der Waals surface area contributed by atoms with Crippen LogP contribution in [0, 0.1) is 5.92 Å². The van der Waals surface area contributed by atoms with Crippen LogP contribution in [-0.2, 0) is 4.79 Å². The summed E-state index contributed by atoms with van der Waals surface area (Å²) in [6.07, 6.45) is 0. The van der Waals surface area contributed by atoms with Crippen LogP contribution >= 0.6 is 43.5 Å². The maximum Gasteiger partial charge on any atom is 0.238 e. The van der Waals surface area contributed by atoms with E-state index >= 15 is 0 Å². The average Bonchev–Trinajstić information content (AvgIpc) is 2.20. The average molecular weight is 369 g/mol. The van der Waals surface area contributed by atoms with Crippen LogP contribution in [0.5, 0.6) is 0 Å². The maximum absolute atomic E-state index is 11.8. The number of carbonyl (C=O) groups excluding carboxylic acids is 1. The molecule has 88 valence electrons. The molecule has 1 amide bonds. The molecule has 0 heterocycles. The van der Waals surface area contributed by atoms with Crippen molar-refractivity contribution in [2.45, 2.75) is 18.7 Å². The number of hydrogen-bond donors (Lipinski definition) is 1. The smallest absolute Gasteiger partial charge is 0.238 e. The molecule has 16 heavy (non-hydrogen) atoms. The van der Waals surface area contributed by atoms with Crippen molar-refractivity contribution in [2.24, 2.45) is 5.92 Å². The summed E-state index contributed by atoms with van der Waals surface area (Å²) in [6, 6.07) is 5.35. The molecule has 1 aromatic rings. The van der Waals surface area contributed by atoms with Crippen molar-refractivity contribution in [3.63, 3.8) is 0 Å². The minimum absolute atomic E-state index is 0.0841. The van der Waals surface area contributed by atoms with Crippen molar-refractivity contribution in [1.82, 2.24) is 0 Å². The van der Waals surface area contributed by atoms with Gasteiger partial charge in [-0.25, -0.2) is 0 Å². The molecule has 5 heteroatoms. The van der Waals surface area contributed by atoms with Crippen molar-refractivity contribution in [3.05, 3.63) is 27.7 Å². The van der Waals surface area contributed by atoms with Gasteiger partial charge in [0.15, 0.2) is 0 Å². The quantitative estimate of drug-likeness (QED) is 0.783. The lowest BCUT2D eigenvalue weighted by Gasteiger charge is -2.14. The van der Waals surface area contributed by atoms with Crippen LogP contribution in [0.3, 0.4) is 0 Å². The number of alkyl halides is 1. The van der Waals surface area contributed by atoms with Crippen LogP contribution in [0.2, 0.25) is 5.02 Å². The van der Waals surface area contributed by atoms with Crippen molar-refractivity contribution >= 4 is 55.1 Å². The molecular weight excluding hydrogens is 357 g/mol. The molecule has 0 aliphatic carbocycles. The highest BCUT2D eigenvalue weighted by Crippen LogP contribution is 2.26. The zero-order valence-corrected chi connectivity index (χ0v) is 12.9. The molecule has 0 aliphatic heterocycles. The summed E-state index contributed by atoms with van der Waals surface area (Å²) in [5, 5.41) is 3.30. The van der Waals surface area contributed by atoms with Gasteiger partial charge >= 0.3 is 0 Å². The minimum Gasteiger partial charge on any atom is -0.324 e. The highest BCUT2D eigenvalue weighted by Gasteiger charge is 2.19. The Labute approximate surface area is 117 Å². The van der Waals surface area contributed by atoms with Gasteiger partial charge in [-0.05, 0) is 24.1 Å². The topological polar surface area (TPSA) is 29.1 Å². The number of rotatable bonds is 3. The number of benzene rings is 1. The van der Waals surface area contributed by atoms with Gasteiger partial charge in [0, 0.05) is 4.47 Å². The Bertz CT molecular complexity index is 396. The van der Waals surface area contributed by atoms with Gasteiger partial charge in [0.1, 0.15) is 0 Å². The number of nitrogens with one attached hydrogen (secondary N) is 1. The van der Waals surface area contributed by atoms with Crippen molar-refractivity contribution in [3.8, 4) is 0 Å². The molecular formula is C11H12Br2ClNO. The third-order valence-electron chi connectivity index (χ3n) is 2.02. The highest BCUT2D eigenvalue weighted by molar-refractivity contribution is 9.10. The lowest BCUT2D eigenvalue weighted by Crippen LogP contribution is -2.27. The molecule has 0 saturated carbocycles. The van der Waals surface area contributed by atoms with Gasteiger partial charge in [0.2, 0.25) is 5.91 Å². The first-order chi connectivity index (χ1) is 7.41. The molecule has 0 bridgehead atoms. The second-order valence-corrected chi connectivity index (χ2v) is 6.07. The molecule has 0 fully saturated rings. The Kier molecular flexibility index (Phi) is 5.28. The third-order valence-corrected chi connectivity index (χ3v) is 4.30. The molecule has 1 rings (SSSR count). The molecule has 1 atom stereocenters. The molecule has 1 N–H and O–H groups in total. The Morgan fingerprint density at radius 2 is 2.06 bits per heavy atom. The van der Waals surface area contributed by atoms with E-state index in [1.165, 1.54) is 0 Å². The van der Waals surface area contributed by atoms with E-state index in [9.17, 15) is 4.79 Å². The molecule has 0 aromatic heterocycles. The third kappa shape index (κ3) is 3.75. The number of amides is 1. The lowest BCUT2D eigenvalue weighted by molar-refractivity contribution is -0.116. The predicted octanol–water partition coefficient (Wildman–Crippen LogP) is 4.46. The highest BCUT2D eigenvalue weighted by atomic mass is 79.9. The Hall–Kier alpha value is -0.0600. The molecule has 2 nitrogen and oxygen atoms in total. The van der Waals surface area contributed by atoms with E-state index in [1.54, 1.807) is 12.1 Å². The first kappa shape index (κ1) is 14.0. The number of hydrogen-bond acceptors (Lipinski definition) is 1. The summed E-state index contributed by atoms with van der Waals surface area (Å²) >= 11 is 12.6. The van der Waals surface area contributed by atoms with Crippen molar-refractivity contribution < 1.29 is 4.79 Å². The van der Waals surface area contributed by atoms with E-state index in [1.807, 2.05) is 19.9 Å². The van der Waals surface area contributed by atoms with Crippen LogP contribution < -0.4 is 5.32 Å². The molecule has 0 spiro atoms. The first-order valence-electron chi connectivity index (χ1n) is 4.82. The van der Waals surface area contributed by atoms with E-state index in [0.29, 0.717) is 10.7 Å². The summed E-state index contributed by atoms with van der Waals surface area (Å²) < 4.78 is 0.884. The fraction of sp³-hybridized carbons (Fsp3) is 0.364. The zero-order chi connectivity index (χ0) is 12.3. The normalized spacial score (nSPS) is 12.6. The Morgan fingerprint density at radius 3 is 2.56 bits per heavy atom. The molecule has 0 saturated heterocycles. The number of carbonyl (C=O) groups is 1. The van der Waals surface area contributed by atoms with Crippen molar-refractivity contribution in [2.75, 3.05) is 5.32 Å². The maximum atomic E-state index is 11.8. The van der Waals surface area contributed by atoms with Crippen molar-refractivity contribution in [1.29, 1.82) is 0 Å².